The van der Waals surface area contributed by atoms with Crippen LogP contribution in [0.2, 0.25) is 0 Å². The fraction of sp³-hybridized carbons (Fsp3) is 0.750. The van der Waals surface area contributed by atoms with E-state index in [9.17, 15) is 4.79 Å². The maximum atomic E-state index is 11.4. The van der Waals surface area contributed by atoms with Crippen LogP contribution in [-0.4, -0.2) is 28.3 Å². The first kappa shape index (κ1) is 15.6. The number of carbonyl (C=O) groups is 1. The molecule has 4 heteroatoms. The first-order chi connectivity index (χ1) is 9.36. The molecule has 20 heavy (non-hydrogen) atoms. The molecule has 1 aromatic rings. The lowest BCUT2D eigenvalue weighted by atomic mass is 9.93. The number of aromatic nitrogens is 1. The molecule has 0 aliphatic carbocycles. The average Bonchev–Trinajstić information content (AvgIpc) is 2.79. The molecule has 0 amide bonds. The minimum atomic E-state index is 0.120. The van der Waals surface area contributed by atoms with E-state index in [0.717, 1.165) is 19.5 Å². The molecule has 112 valence electrons. The number of hydrogen-bond donors (Lipinski definition) is 0. The van der Waals surface area contributed by atoms with Gasteiger partial charge in [0.05, 0.1) is 12.2 Å². The topological polar surface area (TPSA) is 33.2 Å². The normalized spacial score (nSPS) is 21.1. The fourth-order valence-corrected chi connectivity index (χ4v) is 3.78. The smallest absolute Gasteiger partial charge is 0.131 e. The molecule has 1 aliphatic rings. The number of piperidine rings is 1. The second-order valence-electron chi connectivity index (χ2n) is 6.90. The number of ketones is 1. The zero-order valence-corrected chi connectivity index (χ0v) is 13.9. The lowest BCUT2D eigenvalue weighted by Gasteiger charge is -2.34. The Labute approximate surface area is 126 Å². The monoisotopic (exact) mass is 294 g/mol. The highest BCUT2D eigenvalue weighted by Gasteiger charge is 2.25. The highest BCUT2D eigenvalue weighted by Crippen LogP contribution is 2.27. The molecule has 1 unspecified atom stereocenters. The first-order valence-corrected chi connectivity index (χ1v) is 8.42. The van der Waals surface area contributed by atoms with E-state index in [1.54, 1.807) is 18.3 Å². The Morgan fingerprint density at radius 3 is 2.80 bits per heavy atom. The summed E-state index contributed by atoms with van der Waals surface area (Å²) in [7, 11) is 0. The Hall–Kier alpha value is -0.740. The van der Waals surface area contributed by atoms with Gasteiger partial charge in [0.25, 0.3) is 0 Å². The number of thiazole rings is 1. The molecule has 1 atom stereocenters. The van der Waals surface area contributed by atoms with Gasteiger partial charge in [-0.05, 0) is 26.3 Å². The van der Waals surface area contributed by atoms with Crippen LogP contribution in [0, 0.1) is 0 Å². The molecule has 0 saturated carbocycles. The van der Waals surface area contributed by atoms with Crippen molar-refractivity contribution in [2.45, 2.75) is 71.4 Å². The van der Waals surface area contributed by atoms with Crippen molar-refractivity contribution in [3.8, 4) is 0 Å². The third-order valence-corrected chi connectivity index (χ3v) is 4.76. The molecule has 1 aliphatic heterocycles. The number of hydrogen-bond acceptors (Lipinski definition) is 4. The van der Waals surface area contributed by atoms with Crippen molar-refractivity contribution in [2.24, 2.45) is 0 Å². The predicted octanol–water partition coefficient (Wildman–Crippen LogP) is 3.77. The summed E-state index contributed by atoms with van der Waals surface area (Å²) in [6, 6.07) is 0.420. The summed E-state index contributed by atoms with van der Waals surface area (Å²) in [6.07, 6.45) is 4.33. The van der Waals surface area contributed by atoms with Crippen molar-refractivity contribution in [1.82, 2.24) is 9.88 Å². The molecular formula is C16H26N2OS. The quantitative estimate of drug-likeness (QED) is 0.847. The van der Waals surface area contributed by atoms with Crippen LogP contribution in [-0.2, 0) is 16.8 Å². The molecule has 0 aromatic carbocycles. The van der Waals surface area contributed by atoms with Crippen molar-refractivity contribution in [2.75, 3.05) is 6.54 Å². The van der Waals surface area contributed by atoms with Gasteiger partial charge in [0, 0.05) is 23.3 Å². The summed E-state index contributed by atoms with van der Waals surface area (Å²) < 4.78 is 0. The van der Waals surface area contributed by atoms with Crippen LogP contribution in [0.25, 0.3) is 0 Å². The summed E-state index contributed by atoms with van der Waals surface area (Å²) in [5.41, 5.74) is 1.30. The van der Waals surface area contributed by atoms with Crippen LogP contribution in [0.5, 0.6) is 0 Å². The van der Waals surface area contributed by atoms with Gasteiger partial charge in [0.1, 0.15) is 10.8 Å². The fourth-order valence-electron chi connectivity index (χ4n) is 2.73. The highest BCUT2D eigenvalue weighted by atomic mass is 32.1. The lowest BCUT2D eigenvalue weighted by Crippen LogP contribution is -2.40. The molecule has 2 heterocycles. The Kier molecular flexibility index (Phi) is 4.97. The van der Waals surface area contributed by atoms with E-state index < -0.39 is 0 Å². The lowest BCUT2D eigenvalue weighted by molar-refractivity contribution is -0.118. The van der Waals surface area contributed by atoms with Gasteiger partial charge in [0.15, 0.2) is 0 Å². The SMILES string of the molecule is CC(=O)CC1CCCCN1Cc1nc(C(C)(C)C)cs1. The van der Waals surface area contributed by atoms with Crippen molar-refractivity contribution < 1.29 is 4.79 Å². The van der Waals surface area contributed by atoms with Crippen molar-refractivity contribution in [1.29, 1.82) is 0 Å². The van der Waals surface area contributed by atoms with Crippen molar-refractivity contribution in [3.63, 3.8) is 0 Å². The maximum absolute atomic E-state index is 11.4. The second-order valence-corrected chi connectivity index (χ2v) is 7.85. The Bertz CT molecular complexity index is 461. The summed E-state index contributed by atoms with van der Waals surface area (Å²) in [5, 5.41) is 3.37. The number of likely N-dealkylation sites (tertiary alicyclic amines) is 1. The molecule has 1 aromatic heterocycles. The van der Waals surface area contributed by atoms with E-state index in [1.165, 1.54) is 23.5 Å². The zero-order chi connectivity index (χ0) is 14.8. The Morgan fingerprint density at radius 1 is 1.45 bits per heavy atom. The molecule has 2 rings (SSSR count). The summed E-state index contributed by atoms with van der Waals surface area (Å²) >= 11 is 1.75. The van der Waals surface area contributed by atoms with Crippen LogP contribution in [0.15, 0.2) is 5.38 Å². The molecule has 0 spiro atoms. The third-order valence-electron chi connectivity index (χ3n) is 3.93. The standard InChI is InChI=1S/C16H26N2OS/c1-12(19)9-13-7-5-6-8-18(13)10-15-17-14(11-20-15)16(2,3)4/h11,13H,5-10H2,1-4H3. The maximum Gasteiger partial charge on any atom is 0.131 e. The van der Waals surface area contributed by atoms with E-state index in [2.05, 4.69) is 31.1 Å². The molecular weight excluding hydrogens is 268 g/mol. The van der Waals surface area contributed by atoms with E-state index >= 15 is 0 Å². The van der Waals surface area contributed by atoms with Crippen molar-refractivity contribution >= 4 is 17.1 Å². The van der Waals surface area contributed by atoms with Gasteiger partial charge in [-0.2, -0.15) is 0 Å². The number of carbonyl (C=O) groups excluding carboxylic acids is 1. The van der Waals surface area contributed by atoms with Gasteiger partial charge in [-0.3, -0.25) is 9.69 Å². The van der Waals surface area contributed by atoms with Crippen LogP contribution < -0.4 is 0 Å². The third kappa shape index (κ3) is 4.13. The molecule has 0 radical (unpaired) electrons. The second kappa shape index (κ2) is 6.35. The largest absolute Gasteiger partial charge is 0.300 e. The highest BCUT2D eigenvalue weighted by molar-refractivity contribution is 7.09. The van der Waals surface area contributed by atoms with Gasteiger partial charge >= 0.3 is 0 Å². The van der Waals surface area contributed by atoms with Gasteiger partial charge in [0.2, 0.25) is 0 Å². The average molecular weight is 294 g/mol. The van der Waals surface area contributed by atoms with Gasteiger partial charge < -0.3 is 0 Å². The minimum Gasteiger partial charge on any atom is -0.300 e. The summed E-state index contributed by atoms with van der Waals surface area (Å²) in [4.78, 5) is 18.6. The van der Waals surface area contributed by atoms with E-state index in [0.29, 0.717) is 18.2 Å². The number of Topliss-reactive ketones (excluding diaryl/α,β-unsaturated/α-hetero) is 1. The zero-order valence-electron chi connectivity index (χ0n) is 13.1. The minimum absolute atomic E-state index is 0.120. The van der Waals surface area contributed by atoms with E-state index in [1.807, 2.05) is 0 Å². The summed E-state index contributed by atoms with van der Waals surface area (Å²) in [6.45, 7) is 10.3. The van der Waals surface area contributed by atoms with Gasteiger partial charge in [-0.15, -0.1) is 11.3 Å². The predicted molar refractivity (Wildman–Crippen MR) is 84.2 cm³/mol. The van der Waals surface area contributed by atoms with E-state index in [-0.39, 0.29) is 5.41 Å². The van der Waals surface area contributed by atoms with Crippen LogP contribution in [0.3, 0.4) is 0 Å². The van der Waals surface area contributed by atoms with Crippen LogP contribution >= 0.6 is 11.3 Å². The molecule has 1 saturated heterocycles. The van der Waals surface area contributed by atoms with Crippen LogP contribution in [0.1, 0.15) is 64.1 Å². The number of rotatable bonds is 4. The Balaban J connectivity index is 2.03. The molecule has 0 bridgehead atoms. The first-order valence-electron chi connectivity index (χ1n) is 7.54. The molecule has 0 N–H and O–H groups in total. The summed E-state index contributed by atoms with van der Waals surface area (Å²) in [5.74, 6) is 0.302. The number of nitrogens with zero attached hydrogens (tertiary/aromatic N) is 2. The van der Waals surface area contributed by atoms with E-state index in [4.69, 9.17) is 4.98 Å². The Morgan fingerprint density at radius 2 is 2.20 bits per heavy atom. The van der Waals surface area contributed by atoms with Gasteiger partial charge in [-0.25, -0.2) is 4.98 Å². The van der Waals surface area contributed by atoms with Crippen LogP contribution in [0.4, 0.5) is 0 Å². The van der Waals surface area contributed by atoms with Crippen molar-refractivity contribution in [3.05, 3.63) is 16.1 Å². The molecule has 1 fully saturated rings. The van der Waals surface area contributed by atoms with Gasteiger partial charge in [-0.1, -0.05) is 27.2 Å². The molecule has 3 nitrogen and oxygen atoms in total.